The van der Waals surface area contributed by atoms with Gasteiger partial charge in [-0.1, -0.05) is 80.1 Å². The third-order valence-corrected chi connectivity index (χ3v) is 5.10. The van der Waals surface area contributed by atoms with Crippen LogP contribution in [0.2, 0.25) is 0 Å². The number of nitrogens with zero attached hydrogens (tertiary/aromatic N) is 1. The minimum absolute atomic E-state index is 0.988. The first-order valence-electron chi connectivity index (χ1n) is 10.0. The molecule has 0 atom stereocenters. The maximum atomic E-state index is 4.88. The second-order valence-electron chi connectivity index (χ2n) is 7.37. The summed E-state index contributed by atoms with van der Waals surface area (Å²) in [6.07, 6.45) is 6.42. The molecule has 142 valence electrons. The number of rotatable bonds is 6. The van der Waals surface area contributed by atoms with Crippen LogP contribution in [0.4, 0.5) is 0 Å². The van der Waals surface area contributed by atoms with Gasteiger partial charge in [0.05, 0.1) is 11.4 Å². The highest BCUT2D eigenvalue weighted by atomic mass is 14.7. The first-order valence-corrected chi connectivity index (χ1v) is 10.0. The van der Waals surface area contributed by atoms with Gasteiger partial charge in [0.2, 0.25) is 0 Å². The smallest absolute Gasteiger partial charge is 0.0715 e. The van der Waals surface area contributed by atoms with E-state index in [1.54, 1.807) is 0 Å². The van der Waals surface area contributed by atoms with Crippen LogP contribution in [0.5, 0.6) is 0 Å². The minimum atomic E-state index is 0.988. The highest BCUT2D eigenvalue weighted by Crippen LogP contribution is 2.29. The molecule has 1 heteroatoms. The fourth-order valence-corrected chi connectivity index (χ4v) is 3.53. The van der Waals surface area contributed by atoms with Gasteiger partial charge in [0.1, 0.15) is 0 Å². The summed E-state index contributed by atoms with van der Waals surface area (Å²) in [5.74, 6) is 0. The number of aromatic nitrogens is 1. The summed E-state index contributed by atoms with van der Waals surface area (Å²) in [6, 6.07) is 19.7. The zero-order valence-electron chi connectivity index (χ0n) is 17.4. The van der Waals surface area contributed by atoms with Gasteiger partial charge in [0.15, 0.2) is 0 Å². The standard InChI is InChI=1S/C27H29N/c1-6-8-21-10-12-22(13-11-21)23-14-16-24(17-15-23)27-18-25(19(3)4)20(5)26(28-27)9-7-2/h7,9-18H,3,6,8H2,1-2,4-5H3/b9-7-. The lowest BCUT2D eigenvalue weighted by Gasteiger charge is -2.12. The van der Waals surface area contributed by atoms with Gasteiger partial charge in [-0.3, -0.25) is 0 Å². The van der Waals surface area contributed by atoms with Gasteiger partial charge in [-0.2, -0.15) is 0 Å². The first-order chi connectivity index (χ1) is 13.5. The zero-order valence-corrected chi connectivity index (χ0v) is 17.4. The average Bonchev–Trinajstić information content (AvgIpc) is 2.70. The molecular weight excluding hydrogens is 338 g/mol. The minimum Gasteiger partial charge on any atom is -0.248 e. The fraction of sp³-hybridized carbons (Fsp3) is 0.222. The van der Waals surface area contributed by atoms with E-state index in [1.165, 1.54) is 34.2 Å². The molecule has 0 N–H and O–H groups in total. The second-order valence-corrected chi connectivity index (χ2v) is 7.37. The van der Waals surface area contributed by atoms with E-state index < -0.39 is 0 Å². The Labute approximate surface area is 169 Å². The fourth-order valence-electron chi connectivity index (χ4n) is 3.53. The Bertz CT molecular complexity index is 990. The Balaban J connectivity index is 1.96. The lowest BCUT2D eigenvalue weighted by molar-refractivity contribution is 0.922. The Hall–Kier alpha value is -2.93. The van der Waals surface area contributed by atoms with Gasteiger partial charge in [-0.15, -0.1) is 0 Å². The predicted octanol–water partition coefficient (Wildman–Crippen LogP) is 7.74. The lowest BCUT2D eigenvalue weighted by Crippen LogP contribution is -1.96. The van der Waals surface area contributed by atoms with Crippen LogP contribution in [0.15, 0.2) is 67.3 Å². The van der Waals surface area contributed by atoms with E-state index >= 15 is 0 Å². The van der Waals surface area contributed by atoms with Crippen molar-refractivity contribution >= 4 is 11.6 Å². The van der Waals surface area contributed by atoms with Crippen LogP contribution >= 0.6 is 0 Å². The molecule has 0 aliphatic heterocycles. The number of allylic oxidation sites excluding steroid dienone is 2. The maximum absolute atomic E-state index is 4.88. The lowest BCUT2D eigenvalue weighted by atomic mass is 9.97. The van der Waals surface area contributed by atoms with E-state index in [2.05, 4.69) is 88.0 Å². The third kappa shape index (κ3) is 4.31. The van der Waals surface area contributed by atoms with Crippen molar-refractivity contribution in [3.05, 3.63) is 89.6 Å². The zero-order chi connectivity index (χ0) is 20.1. The topological polar surface area (TPSA) is 12.9 Å². The molecule has 1 heterocycles. The molecule has 0 saturated heterocycles. The Morgan fingerprint density at radius 1 is 0.964 bits per heavy atom. The molecule has 0 aliphatic rings. The number of hydrogen-bond acceptors (Lipinski definition) is 1. The van der Waals surface area contributed by atoms with Crippen molar-refractivity contribution in [2.75, 3.05) is 0 Å². The quantitative estimate of drug-likeness (QED) is 0.434. The molecule has 1 aromatic heterocycles. The molecule has 0 bridgehead atoms. The molecule has 1 nitrogen and oxygen atoms in total. The van der Waals surface area contributed by atoms with Crippen LogP contribution in [-0.4, -0.2) is 4.98 Å². The maximum Gasteiger partial charge on any atom is 0.0715 e. The third-order valence-electron chi connectivity index (χ3n) is 5.10. The largest absolute Gasteiger partial charge is 0.248 e. The van der Waals surface area contributed by atoms with Gasteiger partial charge < -0.3 is 0 Å². The molecular formula is C27H29N. The van der Waals surface area contributed by atoms with Crippen LogP contribution in [0.25, 0.3) is 34.0 Å². The molecule has 3 rings (SSSR count). The van der Waals surface area contributed by atoms with E-state index in [-0.39, 0.29) is 0 Å². The Kier molecular flexibility index (Phi) is 6.26. The van der Waals surface area contributed by atoms with Crippen LogP contribution in [0.3, 0.4) is 0 Å². The molecule has 0 aliphatic carbocycles. The van der Waals surface area contributed by atoms with Crippen molar-refractivity contribution < 1.29 is 0 Å². The van der Waals surface area contributed by atoms with Gasteiger partial charge in [0.25, 0.3) is 0 Å². The van der Waals surface area contributed by atoms with E-state index in [1.807, 2.05) is 13.0 Å². The van der Waals surface area contributed by atoms with Crippen molar-refractivity contribution in [2.24, 2.45) is 0 Å². The van der Waals surface area contributed by atoms with Crippen molar-refractivity contribution in [1.29, 1.82) is 0 Å². The summed E-state index contributed by atoms with van der Waals surface area (Å²) in [5, 5.41) is 0. The molecule has 0 saturated carbocycles. The molecule has 0 fully saturated rings. The van der Waals surface area contributed by atoms with Crippen LogP contribution in [-0.2, 0) is 6.42 Å². The van der Waals surface area contributed by atoms with E-state index in [9.17, 15) is 0 Å². The highest BCUT2D eigenvalue weighted by Gasteiger charge is 2.10. The summed E-state index contributed by atoms with van der Waals surface area (Å²) in [5.41, 5.74) is 10.4. The Morgan fingerprint density at radius 3 is 2.07 bits per heavy atom. The normalized spacial score (nSPS) is 11.1. The second kappa shape index (κ2) is 8.84. The molecule has 3 aromatic rings. The van der Waals surface area contributed by atoms with Gasteiger partial charge in [-0.05, 0) is 67.2 Å². The first kappa shape index (κ1) is 19.8. The summed E-state index contributed by atoms with van der Waals surface area (Å²) in [4.78, 5) is 4.88. The predicted molar refractivity (Wildman–Crippen MR) is 123 cm³/mol. The van der Waals surface area contributed by atoms with Crippen LogP contribution in [0, 0.1) is 6.92 Å². The van der Waals surface area contributed by atoms with E-state index in [0.717, 1.165) is 28.9 Å². The van der Waals surface area contributed by atoms with Gasteiger partial charge in [0, 0.05) is 5.56 Å². The highest BCUT2D eigenvalue weighted by molar-refractivity contribution is 5.75. The number of pyridine rings is 1. The molecule has 28 heavy (non-hydrogen) atoms. The summed E-state index contributed by atoms with van der Waals surface area (Å²) in [6.45, 7) is 12.5. The molecule has 0 amide bonds. The molecule has 2 aromatic carbocycles. The monoisotopic (exact) mass is 367 g/mol. The number of benzene rings is 2. The summed E-state index contributed by atoms with van der Waals surface area (Å²) in [7, 11) is 0. The van der Waals surface area contributed by atoms with E-state index in [4.69, 9.17) is 4.98 Å². The number of aryl methyl sites for hydroxylation is 1. The summed E-state index contributed by atoms with van der Waals surface area (Å²) >= 11 is 0. The van der Waals surface area contributed by atoms with Crippen molar-refractivity contribution in [3.63, 3.8) is 0 Å². The van der Waals surface area contributed by atoms with Crippen molar-refractivity contribution in [2.45, 2.75) is 40.5 Å². The van der Waals surface area contributed by atoms with Crippen LogP contribution < -0.4 is 0 Å². The van der Waals surface area contributed by atoms with Gasteiger partial charge >= 0.3 is 0 Å². The van der Waals surface area contributed by atoms with Crippen molar-refractivity contribution in [1.82, 2.24) is 4.98 Å². The van der Waals surface area contributed by atoms with Gasteiger partial charge in [-0.25, -0.2) is 4.98 Å². The number of hydrogen-bond donors (Lipinski definition) is 0. The Morgan fingerprint density at radius 2 is 1.54 bits per heavy atom. The molecule has 0 radical (unpaired) electrons. The van der Waals surface area contributed by atoms with Crippen molar-refractivity contribution in [3.8, 4) is 22.4 Å². The molecule has 0 unspecified atom stereocenters. The average molecular weight is 368 g/mol. The summed E-state index contributed by atoms with van der Waals surface area (Å²) < 4.78 is 0. The van der Waals surface area contributed by atoms with Crippen LogP contribution in [0.1, 0.15) is 49.6 Å². The SMILES string of the molecule is C=C(C)c1cc(-c2ccc(-c3ccc(CCC)cc3)cc2)nc(/C=C\C)c1C. The van der Waals surface area contributed by atoms with E-state index in [0.29, 0.717) is 0 Å². The molecule has 0 spiro atoms.